The van der Waals surface area contributed by atoms with Gasteiger partial charge in [-0.15, -0.1) is 0 Å². The number of aromatic nitrogens is 2. The molecule has 3 heteroatoms. The van der Waals surface area contributed by atoms with Crippen LogP contribution in [0.2, 0.25) is 0 Å². The molecular formula is C15H15N3. The summed E-state index contributed by atoms with van der Waals surface area (Å²) < 4.78 is 1.91. The van der Waals surface area contributed by atoms with E-state index < -0.39 is 0 Å². The molecular weight excluding hydrogens is 222 g/mol. The summed E-state index contributed by atoms with van der Waals surface area (Å²) in [5.74, 6) is 0. The summed E-state index contributed by atoms with van der Waals surface area (Å²) in [4.78, 5) is 0. The van der Waals surface area contributed by atoms with Gasteiger partial charge in [0.2, 0.25) is 0 Å². The summed E-state index contributed by atoms with van der Waals surface area (Å²) in [6.07, 6.45) is 0. The van der Waals surface area contributed by atoms with E-state index in [2.05, 4.69) is 36.3 Å². The molecule has 0 aliphatic carbocycles. The van der Waals surface area contributed by atoms with Gasteiger partial charge in [-0.3, -0.25) is 4.68 Å². The summed E-state index contributed by atoms with van der Waals surface area (Å²) in [5.41, 5.74) is 11.0. The van der Waals surface area contributed by atoms with E-state index in [0.29, 0.717) is 0 Å². The molecule has 90 valence electrons. The molecule has 18 heavy (non-hydrogen) atoms. The smallest absolute Gasteiger partial charge is 0.0950 e. The third kappa shape index (κ3) is 1.64. The topological polar surface area (TPSA) is 43.8 Å². The third-order valence-electron chi connectivity index (χ3n) is 3.18. The number of hydrogen-bond donors (Lipinski definition) is 1. The summed E-state index contributed by atoms with van der Waals surface area (Å²) in [7, 11) is 1.96. The lowest BCUT2D eigenvalue weighted by molar-refractivity contribution is 0.788. The van der Waals surface area contributed by atoms with Gasteiger partial charge < -0.3 is 5.73 Å². The molecule has 0 fully saturated rings. The van der Waals surface area contributed by atoms with Crippen molar-refractivity contribution in [3.63, 3.8) is 0 Å². The average Bonchev–Trinajstić information content (AvgIpc) is 2.65. The Kier molecular flexibility index (Phi) is 2.33. The molecule has 3 nitrogen and oxygen atoms in total. The Balaban J connectivity index is 2.28. The van der Waals surface area contributed by atoms with Crippen molar-refractivity contribution >= 4 is 16.6 Å². The van der Waals surface area contributed by atoms with Crippen LogP contribution >= 0.6 is 0 Å². The van der Waals surface area contributed by atoms with Gasteiger partial charge in [-0.1, -0.05) is 29.8 Å². The number of rotatable bonds is 1. The molecule has 2 aromatic carbocycles. The van der Waals surface area contributed by atoms with Crippen molar-refractivity contribution in [1.29, 1.82) is 0 Å². The Bertz CT molecular complexity index is 708. The van der Waals surface area contributed by atoms with Crippen LogP contribution in [0.15, 0.2) is 42.5 Å². The highest BCUT2D eigenvalue weighted by Gasteiger charge is 2.10. The maximum absolute atomic E-state index is 5.79. The molecule has 3 rings (SSSR count). The highest BCUT2D eigenvalue weighted by molar-refractivity contribution is 5.94. The molecule has 0 saturated heterocycles. The minimum atomic E-state index is 0.746. The monoisotopic (exact) mass is 237 g/mol. The predicted molar refractivity (Wildman–Crippen MR) is 75.3 cm³/mol. The van der Waals surface area contributed by atoms with Gasteiger partial charge in [0.15, 0.2) is 0 Å². The summed E-state index contributed by atoms with van der Waals surface area (Å²) in [6.45, 7) is 2.09. The fourth-order valence-electron chi connectivity index (χ4n) is 2.27. The van der Waals surface area contributed by atoms with Gasteiger partial charge >= 0.3 is 0 Å². The maximum atomic E-state index is 5.79. The van der Waals surface area contributed by atoms with E-state index in [0.717, 1.165) is 22.3 Å². The van der Waals surface area contributed by atoms with Crippen molar-refractivity contribution in [2.24, 2.45) is 7.05 Å². The van der Waals surface area contributed by atoms with Crippen molar-refractivity contribution in [3.8, 4) is 11.3 Å². The molecule has 0 aliphatic rings. The van der Waals surface area contributed by atoms with Gasteiger partial charge in [0.25, 0.3) is 0 Å². The molecule has 0 saturated carbocycles. The first kappa shape index (κ1) is 10.8. The number of benzene rings is 2. The van der Waals surface area contributed by atoms with Crippen LogP contribution in [0.25, 0.3) is 22.2 Å². The first-order valence-electron chi connectivity index (χ1n) is 5.94. The minimum Gasteiger partial charge on any atom is -0.399 e. The predicted octanol–water partition coefficient (Wildman–Crippen LogP) is 3.13. The summed E-state index contributed by atoms with van der Waals surface area (Å²) >= 11 is 0. The second-order valence-corrected chi connectivity index (χ2v) is 4.61. The molecule has 0 bridgehead atoms. The molecule has 0 amide bonds. The van der Waals surface area contributed by atoms with Gasteiger partial charge in [-0.25, -0.2) is 0 Å². The Morgan fingerprint density at radius 1 is 1.06 bits per heavy atom. The van der Waals surface area contributed by atoms with E-state index in [1.54, 1.807) is 0 Å². The molecule has 1 aromatic heterocycles. The molecule has 0 spiro atoms. The number of nitrogens with two attached hydrogens (primary N) is 1. The van der Waals surface area contributed by atoms with E-state index in [1.165, 1.54) is 11.1 Å². The van der Waals surface area contributed by atoms with Crippen LogP contribution in [0.4, 0.5) is 5.69 Å². The zero-order chi connectivity index (χ0) is 12.7. The molecule has 2 N–H and O–H groups in total. The van der Waals surface area contributed by atoms with Crippen molar-refractivity contribution in [2.45, 2.75) is 6.92 Å². The van der Waals surface area contributed by atoms with Gasteiger partial charge in [0.05, 0.1) is 11.2 Å². The van der Waals surface area contributed by atoms with E-state index in [-0.39, 0.29) is 0 Å². The van der Waals surface area contributed by atoms with Crippen LogP contribution in [0.5, 0.6) is 0 Å². The highest BCUT2D eigenvalue weighted by Crippen LogP contribution is 2.29. The van der Waals surface area contributed by atoms with Gasteiger partial charge in [0, 0.05) is 23.7 Å². The zero-order valence-corrected chi connectivity index (χ0v) is 10.5. The Labute approximate surface area is 106 Å². The van der Waals surface area contributed by atoms with Crippen molar-refractivity contribution in [1.82, 2.24) is 9.78 Å². The summed E-state index contributed by atoms with van der Waals surface area (Å²) in [6, 6.07) is 14.4. The van der Waals surface area contributed by atoms with E-state index in [9.17, 15) is 0 Å². The Morgan fingerprint density at radius 3 is 2.50 bits per heavy atom. The number of fused-ring (bicyclic) bond motifs is 1. The SMILES string of the molecule is Cc1ccc(-c2c3ccc(N)cc3nn2C)cc1. The van der Waals surface area contributed by atoms with Crippen molar-refractivity contribution < 1.29 is 0 Å². The number of hydrogen-bond acceptors (Lipinski definition) is 2. The lowest BCUT2D eigenvalue weighted by Crippen LogP contribution is -1.93. The number of aryl methyl sites for hydroxylation is 2. The minimum absolute atomic E-state index is 0.746. The van der Waals surface area contributed by atoms with Gasteiger partial charge in [-0.2, -0.15) is 5.10 Å². The normalized spacial score (nSPS) is 11.0. The standard InChI is InChI=1S/C15H15N3/c1-10-3-5-11(6-4-10)15-13-8-7-12(16)9-14(13)17-18(15)2/h3-9H,16H2,1-2H3. The van der Waals surface area contributed by atoms with E-state index in [4.69, 9.17) is 5.73 Å². The Morgan fingerprint density at radius 2 is 1.78 bits per heavy atom. The second-order valence-electron chi connectivity index (χ2n) is 4.61. The fraction of sp³-hybridized carbons (Fsp3) is 0.133. The highest BCUT2D eigenvalue weighted by atomic mass is 15.3. The second kappa shape index (κ2) is 3.88. The molecule has 0 unspecified atom stereocenters. The van der Waals surface area contributed by atoms with Crippen molar-refractivity contribution in [3.05, 3.63) is 48.0 Å². The van der Waals surface area contributed by atoms with Crippen LogP contribution in [0.3, 0.4) is 0 Å². The van der Waals surface area contributed by atoms with Crippen LogP contribution in [0.1, 0.15) is 5.56 Å². The quantitative estimate of drug-likeness (QED) is 0.661. The zero-order valence-electron chi connectivity index (χ0n) is 10.5. The molecule has 3 aromatic rings. The van der Waals surface area contributed by atoms with Crippen molar-refractivity contribution in [2.75, 3.05) is 5.73 Å². The Hall–Kier alpha value is -2.29. The number of nitrogen functional groups attached to an aromatic ring is 1. The number of nitrogens with zero attached hydrogens (tertiary/aromatic N) is 2. The third-order valence-corrected chi connectivity index (χ3v) is 3.18. The fourth-order valence-corrected chi connectivity index (χ4v) is 2.27. The van der Waals surface area contributed by atoms with Gasteiger partial charge in [-0.05, 0) is 25.1 Å². The van der Waals surface area contributed by atoms with Crippen LogP contribution in [-0.4, -0.2) is 9.78 Å². The first-order valence-corrected chi connectivity index (χ1v) is 5.94. The van der Waals surface area contributed by atoms with Gasteiger partial charge in [0.1, 0.15) is 0 Å². The van der Waals surface area contributed by atoms with E-state index in [1.807, 2.05) is 29.9 Å². The summed E-state index contributed by atoms with van der Waals surface area (Å²) in [5, 5.41) is 5.64. The van der Waals surface area contributed by atoms with Crippen LogP contribution < -0.4 is 5.73 Å². The first-order chi connectivity index (χ1) is 8.65. The van der Waals surface area contributed by atoms with Crippen LogP contribution in [0, 0.1) is 6.92 Å². The van der Waals surface area contributed by atoms with E-state index >= 15 is 0 Å². The molecule has 0 radical (unpaired) electrons. The number of anilines is 1. The largest absolute Gasteiger partial charge is 0.399 e. The lowest BCUT2D eigenvalue weighted by Gasteiger charge is -2.03. The van der Waals surface area contributed by atoms with Crippen LogP contribution in [-0.2, 0) is 7.05 Å². The molecule has 0 atom stereocenters. The lowest BCUT2D eigenvalue weighted by atomic mass is 10.1. The molecule has 1 heterocycles. The average molecular weight is 237 g/mol. The maximum Gasteiger partial charge on any atom is 0.0950 e. The molecule has 0 aliphatic heterocycles.